The average molecular weight is 423 g/mol. The summed E-state index contributed by atoms with van der Waals surface area (Å²) in [5.41, 5.74) is 2.43. The summed E-state index contributed by atoms with van der Waals surface area (Å²) in [7, 11) is 0. The first-order chi connectivity index (χ1) is 14.0. The summed E-state index contributed by atoms with van der Waals surface area (Å²) in [6.45, 7) is 3.68. The molecule has 0 unspecified atom stereocenters. The van der Waals surface area contributed by atoms with Gasteiger partial charge in [0.25, 0.3) is 5.91 Å². The van der Waals surface area contributed by atoms with E-state index >= 15 is 0 Å². The van der Waals surface area contributed by atoms with Crippen molar-refractivity contribution in [1.29, 1.82) is 0 Å². The van der Waals surface area contributed by atoms with Crippen LogP contribution in [0.2, 0.25) is 0 Å². The number of amides is 2. The van der Waals surface area contributed by atoms with E-state index in [4.69, 9.17) is 0 Å². The van der Waals surface area contributed by atoms with Gasteiger partial charge in [0.05, 0.1) is 22.5 Å². The maximum absolute atomic E-state index is 12.8. The molecule has 1 N–H and O–H groups in total. The van der Waals surface area contributed by atoms with Crippen molar-refractivity contribution in [3.63, 3.8) is 0 Å². The van der Waals surface area contributed by atoms with E-state index in [2.05, 4.69) is 15.3 Å². The summed E-state index contributed by atoms with van der Waals surface area (Å²) >= 11 is 2.63. The van der Waals surface area contributed by atoms with Gasteiger partial charge in [0, 0.05) is 6.92 Å². The lowest BCUT2D eigenvalue weighted by Crippen LogP contribution is -2.27. The van der Waals surface area contributed by atoms with Gasteiger partial charge in [-0.05, 0) is 24.6 Å². The fraction of sp³-hybridized carbons (Fsp3) is 0.143. The Hall–Kier alpha value is -3.10. The maximum Gasteiger partial charge on any atom is 0.269 e. The highest BCUT2D eigenvalue weighted by Gasteiger charge is 2.22. The number of anilines is 2. The molecule has 0 radical (unpaired) electrons. The fourth-order valence-electron chi connectivity index (χ4n) is 2.87. The van der Waals surface area contributed by atoms with Crippen LogP contribution in [-0.4, -0.2) is 21.8 Å². The Morgan fingerprint density at radius 1 is 1.00 bits per heavy atom. The molecule has 0 fully saturated rings. The first-order valence-electron chi connectivity index (χ1n) is 8.97. The summed E-state index contributed by atoms with van der Waals surface area (Å²) < 4.78 is 1.01. The van der Waals surface area contributed by atoms with E-state index < -0.39 is 0 Å². The van der Waals surface area contributed by atoms with E-state index in [0.29, 0.717) is 27.4 Å². The van der Waals surface area contributed by atoms with Crippen molar-refractivity contribution in [1.82, 2.24) is 9.97 Å². The van der Waals surface area contributed by atoms with Crippen LogP contribution in [0.15, 0.2) is 54.6 Å². The third-order valence-electron chi connectivity index (χ3n) is 4.30. The van der Waals surface area contributed by atoms with Crippen LogP contribution in [0, 0.1) is 6.92 Å². The second-order valence-corrected chi connectivity index (χ2v) is 8.45. The summed E-state index contributed by atoms with van der Waals surface area (Å²) in [5, 5.41) is 3.90. The Balaban J connectivity index is 1.57. The van der Waals surface area contributed by atoms with Crippen LogP contribution in [0.25, 0.3) is 10.2 Å². The van der Waals surface area contributed by atoms with Gasteiger partial charge in [0.1, 0.15) is 4.88 Å². The van der Waals surface area contributed by atoms with E-state index in [-0.39, 0.29) is 11.8 Å². The van der Waals surface area contributed by atoms with E-state index in [1.807, 2.05) is 54.6 Å². The fourth-order valence-corrected chi connectivity index (χ4v) is 4.73. The smallest absolute Gasteiger partial charge is 0.269 e. The lowest BCUT2D eigenvalue weighted by atomic mass is 10.2. The highest BCUT2D eigenvalue weighted by atomic mass is 32.1. The molecular weight excluding hydrogens is 404 g/mol. The molecule has 4 rings (SSSR count). The molecule has 0 spiro atoms. The molecule has 2 aromatic heterocycles. The number of nitrogens with one attached hydrogen (secondary N) is 1. The van der Waals surface area contributed by atoms with E-state index in [1.54, 1.807) is 11.8 Å². The second-order valence-electron chi connectivity index (χ2n) is 6.44. The number of para-hydroxylation sites is 1. The van der Waals surface area contributed by atoms with Crippen LogP contribution in [0.5, 0.6) is 0 Å². The molecule has 0 aliphatic carbocycles. The zero-order chi connectivity index (χ0) is 20.4. The number of nitrogens with zero attached hydrogens (tertiary/aromatic N) is 3. The molecule has 146 valence electrons. The molecule has 2 heterocycles. The number of hydrogen-bond acceptors (Lipinski definition) is 6. The molecule has 0 saturated heterocycles. The molecule has 8 heteroatoms. The highest BCUT2D eigenvalue weighted by molar-refractivity contribution is 7.22. The molecule has 4 aromatic rings. The Kier molecular flexibility index (Phi) is 5.37. The minimum absolute atomic E-state index is 0.124. The van der Waals surface area contributed by atoms with E-state index in [9.17, 15) is 9.59 Å². The van der Waals surface area contributed by atoms with Crippen molar-refractivity contribution in [2.24, 2.45) is 0 Å². The number of hydrogen-bond donors (Lipinski definition) is 1. The molecule has 2 aromatic carbocycles. The predicted molar refractivity (Wildman–Crippen MR) is 118 cm³/mol. The van der Waals surface area contributed by atoms with Crippen molar-refractivity contribution >= 4 is 55.0 Å². The van der Waals surface area contributed by atoms with Crippen molar-refractivity contribution in [3.05, 3.63) is 70.7 Å². The molecule has 0 aliphatic heterocycles. The van der Waals surface area contributed by atoms with Crippen LogP contribution in [0.3, 0.4) is 0 Å². The van der Waals surface area contributed by atoms with Gasteiger partial charge >= 0.3 is 0 Å². The van der Waals surface area contributed by atoms with Gasteiger partial charge in [0.15, 0.2) is 10.3 Å². The van der Waals surface area contributed by atoms with Crippen molar-refractivity contribution in [2.75, 3.05) is 10.2 Å². The first-order valence-corrected chi connectivity index (χ1v) is 10.6. The van der Waals surface area contributed by atoms with Crippen LogP contribution in [-0.2, 0) is 11.3 Å². The topological polar surface area (TPSA) is 75.2 Å². The summed E-state index contributed by atoms with van der Waals surface area (Å²) in [4.78, 5) is 36.0. The summed E-state index contributed by atoms with van der Waals surface area (Å²) in [6, 6.07) is 17.4. The quantitative estimate of drug-likeness (QED) is 0.498. The number of rotatable bonds is 5. The van der Waals surface area contributed by atoms with Crippen LogP contribution in [0.1, 0.15) is 27.9 Å². The maximum atomic E-state index is 12.8. The highest BCUT2D eigenvalue weighted by Crippen LogP contribution is 2.30. The molecule has 0 atom stereocenters. The van der Waals surface area contributed by atoms with E-state index in [1.165, 1.54) is 29.6 Å². The normalized spacial score (nSPS) is 10.8. The molecule has 29 heavy (non-hydrogen) atoms. The Morgan fingerprint density at radius 3 is 2.45 bits per heavy atom. The molecule has 2 amide bonds. The number of thiazole rings is 2. The standard InChI is InChI=1S/C21H18N4O2S2/c1-13-18(19(27)24-20-23-16-10-6-7-11-17(16)28-20)29-21(22-13)25(14(2)26)12-15-8-4-3-5-9-15/h3-11H,12H2,1-2H3,(H,23,24,27). The van der Waals surface area contributed by atoms with Crippen LogP contribution in [0.4, 0.5) is 10.3 Å². The molecule has 0 saturated carbocycles. The number of aromatic nitrogens is 2. The largest absolute Gasteiger partial charge is 0.297 e. The zero-order valence-corrected chi connectivity index (χ0v) is 17.5. The molecule has 6 nitrogen and oxygen atoms in total. The number of carbonyl (C=O) groups is 2. The lowest BCUT2D eigenvalue weighted by Gasteiger charge is -2.17. The monoisotopic (exact) mass is 422 g/mol. The Labute approximate surface area is 175 Å². The average Bonchev–Trinajstić information content (AvgIpc) is 3.29. The molecular formula is C21H18N4O2S2. The third-order valence-corrected chi connectivity index (χ3v) is 6.43. The summed E-state index contributed by atoms with van der Waals surface area (Å²) in [5.74, 6) is -0.394. The Morgan fingerprint density at radius 2 is 1.72 bits per heavy atom. The molecule has 0 aliphatic rings. The first kappa shape index (κ1) is 19.2. The summed E-state index contributed by atoms with van der Waals surface area (Å²) in [6.07, 6.45) is 0. The van der Waals surface area contributed by atoms with E-state index in [0.717, 1.165) is 15.8 Å². The predicted octanol–water partition coefficient (Wildman–Crippen LogP) is 4.87. The SMILES string of the molecule is CC(=O)N(Cc1ccccc1)c1nc(C)c(C(=O)Nc2nc3ccccc3s2)s1. The number of fused-ring (bicyclic) bond motifs is 1. The zero-order valence-electron chi connectivity index (χ0n) is 15.9. The van der Waals surface area contributed by atoms with Crippen molar-refractivity contribution in [2.45, 2.75) is 20.4 Å². The van der Waals surface area contributed by atoms with Crippen LogP contribution < -0.4 is 10.2 Å². The third kappa shape index (κ3) is 4.18. The van der Waals surface area contributed by atoms with Gasteiger partial charge in [-0.3, -0.25) is 19.8 Å². The van der Waals surface area contributed by atoms with Crippen molar-refractivity contribution in [3.8, 4) is 0 Å². The molecule has 0 bridgehead atoms. The number of carbonyl (C=O) groups excluding carboxylic acids is 2. The Bertz CT molecular complexity index is 1150. The second kappa shape index (κ2) is 8.10. The minimum Gasteiger partial charge on any atom is -0.297 e. The van der Waals surface area contributed by atoms with Gasteiger partial charge in [0.2, 0.25) is 5.91 Å². The lowest BCUT2D eigenvalue weighted by molar-refractivity contribution is -0.116. The minimum atomic E-state index is -0.270. The van der Waals surface area contributed by atoms with Gasteiger partial charge in [-0.25, -0.2) is 9.97 Å². The number of benzene rings is 2. The van der Waals surface area contributed by atoms with Crippen LogP contribution >= 0.6 is 22.7 Å². The van der Waals surface area contributed by atoms with Crippen molar-refractivity contribution < 1.29 is 9.59 Å². The number of aryl methyl sites for hydroxylation is 1. The van der Waals surface area contributed by atoms with Gasteiger partial charge in [-0.1, -0.05) is 65.1 Å². The van der Waals surface area contributed by atoms with Gasteiger partial charge < -0.3 is 0 Å². The van der Waals surface area contributed by atoms with Gasteiger partial charge in [-0.15, -0.1) is 0 Å². The van der Waals surface area contributed by atoms with Gasteiger partial charge in [-0.2, -0.15) is 0 Å².